The highest BCUT2D eigenvalue weighted by atomic mass is 16.6. The van der Waals surface area contributed by atoms with Gasteiger partial charge in [-0.25, -0.2) is 0 Å². The van der Waals surface area contributed by atoms with Crippen LogP contribution < -0.4 is 0 Å². The van der Waals surface area contributed by atoms with E-state index < -0.39 is 4.92 Å². The first kappa shape index (κ1) is 17.8. The number of nitro groups is 1. The molecule has 2 heterocycles. The lowest BCUT2D eigenvalue weighted by atomic mass is 10.0. The molecule has 1 aromatic carbocycles. The van der Waals surface area contributed by atoms with Crippen LogP contribution in [0.2, 0.25) is 0 Å². The number of benzene rings is 1. The van der Waals surface area contributed by atoms with Crippen LogP contribution in [0.25, 0.3) is 0 Å². The van der Waals surface area contributed by atoms with Gasteiger partial charge in [0.25, 0.3) is 11.6 Å². The third-order valence-corrected chi connectivity index (χ3v) is 5.15. The van der Waals surface area contributed by atoms with Gasteiger partial charge in [0.1, 0.15) is 0 Å². The number of amides is 1. The number of rotatable bonds is 3. The Hall–Kier alpha value is -1.99. The number of non-ortho nitro benzene ring substituents is 1. The fourth-order valence-corrected chi connectivity index (χ4v) is 3.83. The summed E-state index contributed by atoms with van der Waals surface area (Å²) in [4.78, 5) is 27.8. The van der Waals surface area contributed by atoms with Gasteiger partial charge < -0.3 is 9.64 Å². The second-order valence-electron chi connectivity index (χ2n) is 7.00. The molecular weight excluding hydrogens is 322 g/mol. The van der Waals surface area contributed by atoms with Crippen molar-refractivity contribution in [3.63, 3.8) is 0 Å². The second-order valence-corrected chi connectivity index (χ2v) is 7.00. The first-order valence-corrected chi connectivity index (χ1v) is 8.84. The quantitative estimate of drug-likeness (QED) is 0.619. The number of carbonyl (C=O) groups is 1. The molecule has 0 radical (unpaired) electrons. The molecule has 0 N–H and O–H groups in total. The van der Waals surface area contributed by atoms with Crippen molar-refractivity contribution in [1.82, 2.24) is 9.80 Å². The summed E-state index contributed by atoms with van der Waals surface area (Å²) in [6, 6.07) is 5.22. The Labute approximate surface area is 147 Å². The average molecular weight is 347 g/mol. The molecule has 7 heteroatoms. The number of hydrogen-bond donors (Lipinski definition) is 0. The minimum absolute atomic E-state index is 0.0307. The molecule has 0 spiro atoms. The zero-order valence-corrected chi connectivity index (χ0v) is 14.8. The Bertz CT molecular complexity index is 658. The van der Waals surface area contributed by atoms with Gasteiger partial charge >= 0.3 is 0 Å². The summed E-state index contributed by atoms with van der Waals surface area (Å²) in [6.07, 6.45) is 2.09. The minimum atomic E-state index is -0.448. The maximum Gasteiger partial charge on any atom is 0.270 e. The third-order valence-electron chi connectivity index (χ3n) is 5.15. The molecule has 25 heavy (non-hydrogen) atoms. The lowest BCUT2D eigenvalue weighted by Gasteiger charge is -2.44. The zero-order valence-electron chi connectivity index (χ0n) is 14.8. The monoisotopic (exact) mass is 347 g/mol. The SMILES string of the molecule is Cc1cc(C(=O)N2CCN(C3CCOCC3)C[C@H]2C)cc([N+](=O)[O-])c1. The van der Waals surface area contributed by atoms with Crippen LogP contribution in [0.4, 0.5) is 5.69 Å². The molecule has 2 fully saturated rings. The van der Waals surface area contributed by atoms with E-state index in [1.807, 2.05) is 11.8 Å². The lowest BCUT2D eigenvalue weighted by molar-refractivity contribution is -0.384. The molecule has 2 aliphatic rings. The van der Waals surface area contributed by atoms with Gasteiger partial charge in [0.05, 0.1) is 4.92 Å². The van der Waals surface area contributed by atoms with Crippen LogP contribution in [0.5, 0.6) is 0 Å². The third kappa shape index (κ3) is 3.99. The zero-order chi connectivity index (χ0) is 18.0. The Kier molecular flexibility index (Phi) is 5.34. The van der Waals surface area contributed by atoms with Gasteiger partial charge in [-0.1, -0.05) is 0 Å². The number of nitrogens with zero attached hydrogens (tertiary/aromatic N) is 3. The molecular formula is C18H25N3O4. The van der Waals surface area contributed by atoms with Crippen molar-refractivity contribution in [2.45, 2.75) is 38.8 Å². The highest BCUT2D eigenvalue weighted by Gasteiger charge is 2.32. The number of hydrogen-bond acceptors (Lipinski definition) is 5. The lowest BCUT2D eigenvalue weighted by Crippen LogP contribution is -2.57. The van der Waals surface area contributed by atoms with Crippen molar-refractivity contribution in [2.24, 2.45) is 0 Å². The van der Waals surface area contributed by atoms with E-state index in [9.17, 15) is 14.9 Å². The predicted molar refractivity (Wildman–Crippen MR) is 93.7 cm³/mol. The van der Waals surface area contributed by atoms with Crippen molar-refractivity contribution >= 4 is 11.6 Å². The Morgan fingerprint density at radius 3 is 2.60 bits per heavy atom. The van der Waals surface area contributed by atoms with E-state index in [1.54, 1.807) is 13.0 Å². The molecule has 136 valence electrons. The molecule has 0 saturated carbocycles. The number of piperazine rings is 1. The van der Waals surface area contributed by atoms with Crippen LogP contribution in [-0.2, 0) is 4.74 Å². The van der Waals surface area contributed by atoms with E-state index in [0.29, 0.717) is 18.2 Å². The van der Waals surface area contributed by atoms with Gasteiger partial charge in [-0.05, 0) is 38.3 Å². The fourth-order valence-electron chi connectivity index (χ4n) is 3.83. The van der Waals surface area contributed by atoms with E-state index >= 15 is 0 Å². The molecule has 0 aliphatic carbocycles. The van der Waals surface area contributed by atoms with Gasteiger partial charge in [-0.2, -0.15) is 0 Å². The van der Waals surface area contributed by atoms with E-state index in [1.165, 1.54) is 12.1 Å². The highest BCUT2D eigenvalue weighted by Crippen LogP contribution is 2.23. The molecule has 0 unspecified atom stereocenters. The number of aryl methyl sites for hydroxylation is 1. The van der Waals surface area contributed by atoms with Crippen molar-refractivity contribution < 1.29 is 14.5 Å². The largest absolute Gasteiger partial charge is 0.381 e. The maximum atomic E-state index is 12.9. The Balaban J connectivity index is 1.70. The van der Waals surface area contributed by atoms with E-state index in [4.69, 9.17) is 4.74 Å². The summed E-state index contributed by atoms with van der Waals surface area (Å²) < 4.78 is 5.43. The Morgan fingerprint density at radius 1 is 1.24 bits per heavy atom. The average Bonchev–Trinajstić information content (AvgIpc) is 2.61. The van der Waals surface area contributed by atoms with E-state index in [2.05, 4.69) is 4.90 Å². The summed E-state index contributed by atoms with van der Waals surface area (Å²) in [7, 11) is 0. The summed E-state index contributed by atoms with van der Waals surface area (Å²) in [6.45, 7) is 7.78. The van der Waals surface area contributed by atoms with Crippen LogP contribution in [0.3, 0.4) is 0 Å². The van der Waals surface area contributed by atoms with Crippen LogP contribution in [0.1, 0.15) is 35.7 Å². The number of nitro benzene ring substituents is 1. The van der Waals surface area contributed by atoms with Crippen LogP contribution in [0.15, 0.2) is 18.2 Å². The molecule has 2 aliphatic heterocycles. The molecule has 1 atom stereocenters. The normalized spacial score (nSPS) is 22.8. The van der Waals surface area contributed by atoms with Gasteiger partial charge in [0.2, 0.25) is 0 Å². The first-order valence-electron chi connectivity index (χ1n) is 8.84. The molecule has 7 nitrogen and oxygen atoms in total. The van der Waals surface area contributed by atoms with Crippen molar-refractivity contribution in [3.05, 3.63) is 39.4 Å². The predicted octanol–water partition coefficient (Wildman–Crippen LogP) is 2.23. The first-order chi connectivity index (χ1) is 12.0. The molecule has 0 bridgehead atoms. The Morgan fingerprint density at radius 2 is 1.96 bits per heavy atom. The van der Waals surface area contributed by atoms with Crippen molar-refractivity contribution in [2.75, 3.05) is 32.8 Å². The highest BCUT2D eigenvalue weighted by molar-refractivity contribution is 5.95. The smallest absolute Gasteiger partial charge is 0.270 e. The standard InChI is InChI=1S/C18H25N3O4/c1-13-9-15(11-17(10-13)21(23)24)18(22)20-6-5-19(12-14(20)2)16-3-7-25-8-4-16/h9-11,14,16H,3-8,12H2,1-2H3/t14-/m1/s1. The van der Waals surface area contributed by atoms with Crippen molar-refractivity contribution in [3.8, 4) is 0 Å². The molecule has 1 amide bonds. The summed E-state index contributed by atoms with van der Waals surface area (Å²) in [5.74, 6) is -0.120. The fraction of sp³-hybridized carbons (Fsp3) is 0.611. The maximum absolute atomic E-state index is 12.9. The summed E-state index contributed by atoms with van der Waals surface area (Å²) in [5, 5.41) is 11.1. The molecule has 2 saturated heterocycles. The van der Waals surface area contributed by atoms with Gasteiger partial charge in [-0.3, -0.25) is 19.8 Å². The van der Waals surface area contributed by atoms with Crippen molar-refractivity contribution in [1.29, 1.82) is 0 Å². The summed E-state index contributed by atoms with van der Waals surface area (Å²) in [5.41, 5.74) is 1.10. The molecule has 0 aromatic heterocycles. The van der Waals surface area contributed by atoms with Crippen LogP contribution in [-0.4, -0.2) is 65.6 Å². The van der Waals surface area contributed by atoms with E-state index in [0.717, 1.165) is 44.7 Å². The molecule has 1 aromatic rings. The number of ether oxygens (including phenoxy) is 1. The van der Waals surface area contributed by atoms with Gasteiger partial charge in [-0.15, -0.1) is 0 Å². The molecule has 3 rings (SSSR count). The van der Waals surface area contributed by atoms with Gasteiger partial charge in [0.15, 0.2) is 0 Å². The minimum Gasteiger partial charge on any atom is -0.381 e. The summed E-state index contributed by atoms with van der Waals surface area (Å²) >= 11 is 0. The second kappa shape index (κ2) is 7.49. The topological polar surface area (TPSA) is 75.9 Å². The van der Waals surface area contributed by atoms with Crippen LogP contribution >= 0.6 is 0 Å². The van der Waals surface area contributed by atoms with E-state index in [-0.39, 0.29) is 17.6 Å². The van der Waals surface area contributed by atoms with Crippen LogP contribution in [0, 0.1) is 17.0 Å². The van der Waals surface area contributed by atoms with Gasteiger partial charge in [0, 0.05) is 62.6 Å². The number of carbonyl (C=O) groups excluding carboxylic acids is 1.